The second kappa shape index (κ2) is 6.74. The zero-order chi connectivity index (χ0) is 19.3. The van der Waals surface area contributed by atoms with Gasteiger partial charge in [0.25, 0.3) is 0 Å². The normalized spacial score (nSPS) is 26.0. The van der Waals surface area contributed by atoms with Gasteiger partial charge >= 0.3 is 0 Å². The van der Waals surface area contributed by atoms with Gasteiger partial charge < -0.3 is 16.0 Å². The van der Waals surface area contributed by atoms with E-state index >= 15 is 0 Å². The minimum atomic E-state index is -0.561. The molecule has 1 aliphatic heterocycles. The molecular weight excluding hydrogens is 350 g/mol. The average Bonchev–Trinajstić information content (AvgIpc) is 3.46. The lowest BCUT2D eigenvalue weighted by Gasteiger charge is -2.37. The van der Waals surface area contributed by atoms with Crippen LogP contribution in [-0.4, -0.2) is 29.3 Å². The smallest absolute Gasteiger partial charge is 0.247 e. The maximum Gasteiger partial charge on any atom is 0.247 e. The van der Waals surface area contributed by atoms with E-state index in [-0.39, 0.29) is 23.9 Å². The van der Waals surface area contributed by atoms with Crippen LogP contribution in [0.1, 0.15) is 47.2 Å². The lowest BCUT2D eigenvalue weighted by molar-refractivity contribution is -0.142. The number of benzene rings is 2. The molecule has 0 saturated heterocycles. The van der Waals surface area contributed by atoms with Crippen molar-refractivity contribution in [3.63, 3.8) is 0 Å². The van der Waals surface area contributed by atoms with Gasteiger partial charge in [0.15, 0.2) is 0 Å². The molecule has 3 atom stereocenters. The first-order valence-corrected chi connectivity index (χ1v) is 10.1. The lowest BCUT2D eigenvalue weighted by Crippen LogP contribution is -2.51. The highest BCUT2D eigenvalue weighted by atomic mass is 16.2. The van der Waals surface area contributed by atoms with Crippen molar-refractivity contribution in [2.24, 2.45) is 11.7 Å². The quantitative estimate of drug-likeness (QED) is 0.861. The molecule has 3 aliphatic rings. The van der Waals surface area contributed by atoms with E-state index < -0.39 is 6.04 Å². The van der Waals surface area contributed by atoms with Crippen LogP contribution in [0.3, 0.4) is 0 Å². The molecule has 3 N–H and O–H groups in total. The van der Waals surface area contributed by atoms with Crippen molar-refractivity contribution in [2.75, 3.05) is 6.54 Å². The molecule has 28 heavy (non-hydrogen) atoms. The van der Waals surface area contributed by atoms with Gasteiger partial charge in [0.05, 0.1) is 18.5 Å². The maximum atomic E-state index is 13.4. The van der Waals surface area contributed by atoms with Crippen molar-refractivity contribution >= 4 is 11.8 Å². The van der Waals surface area contributed by atoms with Gasteiger partial charge in [-0.3, -0.25) is 9.59 Å². The van der Waals surface area contributed by atoms with Gasteiger partial charge in [-0.2, -0.15) is 0 Å². The topological polar surface area (TPSA) is 75.4 Å². The molecule has 2 aromatic rings. The van der Waals surface area contributed by atoms with E-state index in [9.17, 15) is 9.59 Å². The molecule has 0 spiro atoms. The highest BCUT2D eigenvalue weighted by Crippen LogP contribution is 2.37. The number of rotatable bonds is 4. The number of carbonyl (C=O) groups excluding carboxylic acids is 2. The number of hydrogen-bond donors (Lipinski definition) is 2. The molecular formula is C23H25N3O2. The number of nitrogens with zero attached hydrogens (tertiary/aromatic N) is 1. The van der Waals surface area contributed by atoms with Crippen LogP contribution in [0, 0.1) is 5.92 Å². The molecule has 5 heteroatoms. The van der Waals surface area contributed by atoms with Gasteiger partial charge in [0.2, 0.25) is 11.8 Å². The molecule has 0 aromatic heterocycles. The van der Waals surface area contributed by atoms with E-state index in [1.807, 2.05) is 42.5 Å². The van der Waals surface area contributed by atoms with E-state index in [0.29, 0.717) is 18.9 Å². The number of fused-ring (bicyclic) bond motifs is 2. The summed E-state index contributed by atoms with van der Waals surface area (Å²) in [7, 11) is 0. The Bertz CT molecular complexity index is 937. The highest BCUT2D eigenvalue weighted by Gasteiger charge is 2.41. The van der Waals surface area contributed by atoms with Crippen molar-refractivity contribution in [1.82, 2.24) is 10.2 Å². The number of nitrogens with two attached hydrogens (primary N) is 1. The van der Waals surface area contributed by atoms with Crippen molar-refractivity contribution in [3.8, 4) is 0 Å². The Morgan fingerprint density at radius 2 is 1.71 bits per heavy atom. The Morgan fingerprint density at radius 1 is 1.04 bits per heavy atom. The molecule has 2 aromatic carbocycles. The first-order valence-electron chi connectivity index (χ1n) is 10.1. The standard InChI is InChI=1S/C23H25N3O2/c24-21-17-7-3-1-5-15(17)11-19(21)25-23(28)22-18-8-4-2-6-16(18)12-20(27)26(22)13-14-9-10-14/h1-8,14,19,21-22H,9-13,24H2,(H,25,28)/t19-,21-,22?/m0/s1. The predicted molar refractivity (Wildman–Crippen MR) is 106 cm³/mol. The summed E-state index contributed by atoms with van der Waals surface area (Å²) in [5, 5.41) is 3.17. The van der Waals surface area contributed by atoms with Crippen LogP contribution in [0.15, 0.2) is 48.5 Å². The van der Waals surface area contributed by atoms with E-state index in [0.717, 1.165) is 36.0 Å². The van der Waals surface area contributed by atoms with Crippen LogP contribution in [-0.2, 0) is 22.4 Å². The summed E-state index contributed by atoms with van der Waals surface area (Å²) in [4.78, 5) is 28.0. The van der Waals surface area contributed by atoms with Crippen LogP contribution >= 0.6 is 0 Å². The fourth-order valence-corrected chi connectivity index (χ4v) is 4.64. The van der Waals surface area contributed by atoms with Crippen LogP contribution < -0.4 is 11.1 Å². The molecule has 0 radical (unpaired) electrons. The second-order valence-corrected chi connectivity index (χ2v) is 8.31. The van der Waals surface area contributed by atoms with Crippen molar-refractivity contribution < 1.29 is 9.59 Å². The molecule has 5 rings (SSSR count). The van der Waals surface area contributed by atoms with Crippen LogP contribution in [0.25, 0.3) is 0 Å². The maximum absolute atomic E-state index is 13.4. The zero-order valence-corrected chi connectivity index (χ0v) is 15.8. The Morgan fingerprint density at radius 3 is 2.43 bits per heavy atom. The highest BCUT2D eigenvalue weighted by molar-refractivity contribution is 5.92. The van der Waals surface area contributed by atoms with Crippen molar-refractivity contribution in [2.45, 2.75) is 43.8 Å². The number of amides is 2. The third-order valence-electron chi connectivity index (χ3n) is 6.34. The van der Waals surface area contributed by atoms with Gasteiger partial charge in [-0.1, -0.05) is 48.5 Å². The minimum absolute atomic E-state index is 0.0461. The summed E-state index contributed by atoms with van der Waals surface area (Å²) >= 11 is 0. The van der Waals surface area contributed by atoms with Gasteiger partial charge in [0.1, 0.15) is 6.04 Å². The summed E-state index contributed by atoms with van der Waals surface area (Å²) in [6, 6.07) is 15.0. The van der Waals surface area contributed by atoms with Crippen LogP contribution in [0.4, 0.5) is 0 Å². The Labute approximate surface area is 164 Å². The largest absolute Gasteiger partial charge is 0.349 e. The van der Waals surface area contributed by atoms with Crippen molar-refractivity contribution in [3.05, 3.63) is 70.8 Å². The molecule has 1 fully saturated rings. The summed E-state index contributed by atoms with van der Waals surface area (Å²) in [5.41, 5.74) is 10.6. The molecule has 144 valence electrons. The summed E-state index contributed by atoms with van der Waals surface area (Å²) in [5.74, 6) is 0.460. The summed E-state index contributed by atoms with van der Waals surface area (Å²) < 4.78 is 0. The third-order valence-corrected chi connectivity index (χ3v) is 6.34. The summed E-state index contributed by atoms with van der Waals surface area (Å²) in [6.07, 6.45) is 3.39. The molecule has 1 saturated carbocycles. The van der Waals surface area contributed by atoms with Gasteiger partial charge in [0, 0.05) is 6.54 Å². The molecule has 2 aliphatic carbocycles. The van der Waals surface area contributed by atoms with E-state index in [4.69, 9.17) is 5.73 Å². The van der Waals surface area contributed by atoms with E-state index in [1.165, 1.54) is 5.56 Å². The first-order chi connectivity index (χ1) is 13.6. The molecule has 1 unspecified atom stereocenters. The van der Waals surface area contributed by atoms with E-state index in [2.05, 4.69) is 11.4 Å². The lowest BCUT2D eigenvalue weighted by atomic mass is 9.91. The molecule has 0 bridgehead atoms. The van der Waals surface area contributed by atoms with Gasteiger partial charge in [-0.25, -0.2) is 0 Å². The van der Waals surface area contributed by atoms with Gasteiger partial charge in [-0.15, -0.1) is 0 Å². The number of hydrogen-bond acceptors (Lipinski definition) is 3. The van der Waals surface area contributed by atoms with E-state index in [1.54, 1.807) is 4.90 Å². The SMILES string of the molecule is N[C@H]1c2ccccc2C[C@@H]1NC(=O)C1c2ccccc2CC(=O)N1CC1CC1. The zero-order valence-electron chi connectivity index (χ0n) is 15.8. The Kier molecular flexibility index (Phi) is 4.20. The van der Waals surface area contributed by atoms with Crippen molar-refractivity contribution in [1.29, 1.82) is 0 Å². The molecule has 5 nitrogen and oxygen atoms in total. The predicted octanol–water partition coefficient (Wildman–Crippen LogP) is 2.26. The Hall–Kier alpha value is -2.66. The third kappa shape index (κ3) is 3.00. The minimum Gasteiger partial charge on any atom is -0.349 e. The van der Waals surface area contributed by atoms with Crippen LogP contribution in [0.5, 0.6) is 0 Å². The second-order valence-electron chi connectivity index (χ2n) is 8.31. The summed E-state index contributed by atoms with van der Waals surface area (Å²) in [6.45, 7) is 0.669. The fourth-order valence-electron chi connectivity index (χ4n) is 4.64. The van der Waals surface area contributed by atoms with Gasteiger partial charge in [-0.05, 0) is 47.4 Å². The average molecular weight is 375 g/mol. The number of nitrogens with one attached hydrogen (secondary N) is 1. The first kappa shape index (κ1) is 17.4. The molecule has 2 amide bonds. The monoisotopic (exact) mass is 375 g/mol. The Balaban J connectivity index is 1.42. The van der Waals surface area contributed by atoms with Crippen LogP contribution in [0.2, 0.25) is 0 Å². The fraction of sp³-hybridized carbons (Fsp3) is 0.391. The number of carbonyl (C=O) groups is 2. The molecule has 1 heterocycles.